The van der Waals surface area contributed by atoms with Crippen LogP contribution in [0.4, 0.5) is 5.00 Å². The number of hydrogen-bond acceptors (Lipinski definition) is 6. The molecule has 1 aromatic heterocycles. The smallest absolute Gasteiger partial charge is 0.341 e. The number of nitrogens with zero attached hydrogens (tertiary/aromatic N) is 1. The van der Waals surface area contributed by atoms with Gasteiger partial charge in [-0.2, -0.15) is 0 Å². The van der Waals surface area contributed by atoms with Crippen molar-refractivity contribution in [3.05, 3.63) is 50.9 Å². The predicted molar refractivity (Wildman–Crippen MR) is 134 cm³/mol. The van der Waals surface area contributed by atoms with Crippen LogP contribution in [0, 0.1) is 5.92 Å². The van der Waals surface area contributed by atoms with Crippen LogP contribution >= 0.6 is 22.9 Å². The van der Waals surface area contributed by atoms with Crippen LogP contribution < -0.4 is 5.32 Å². The summed E-state index contributed by atoms with van der Waals surface area (Å²) in [5.41, 5.74) is 2.18. The SMILES string of the molecule is CCOC(=O)c1c(NC(=O)C2CCN(S(=O)(=O)Cc3ccc(Cl)cc3)CC2)sc2c1CCCC2. The zero-order chi connectivity index (χ0) is 24.3. The largest absolute Gasteiger partial charge is 0.462 e. The molecule has 7 nitrogen and oxygen atoms in total. The average molecular weight is 525 g/mol. The Bertz CT molecular complexity index is 1150. The van der Waals surface area contributed by atoms with Gasteiger partial charge in [-0.15, -0.1) is 11.3 Å². The highest BCUT2D eigenvalue weighted by atomic mass is 35.5. The van der Waals surface area contributed by atoms with Crippen LogP contribution in [0.2, 0.25) is 5.02 Å². The highest BCUT2D eigenvalue weighted by Gasteiger charge is 2.33. The van der Waals surface area contributed by atoms with E-state index in [1.807, 2.05) is 0 Å². The highest BCUT2D eigenvalue weighted by Crippen LogP contribution is 2.39. The van der Waals surface area contributed by atoms with Crippen molar-refractivity contribution in [3.8, 4) is 0 Å². The maximum atomic E-state index is 13.1. The summed E-state index contributed by atoms with van der Waals surface area (Å²) in [5.74, 6) is -0.958. The third kappa shape index (κ3) is 5.64. The number of thiophene rings is 1. The monoisotopic (exact) mass is 524 g/mol. The topological polar surface area (TPSA) is 92.8 Å². The number of anilines is 1. The van der Waals surface area contributed by atoms with Crippen LogP contribution in [0.15, 0.2) is 24.3 Å². The molecule has 0 atom stereocenters. The summed E-state index contributed by atoms with van der Waals surface area (Å²) >= 11 is 7.35. The third-order valence-corrected chi connectivity index (χ3v) is 9.68. The van der Waals surface area contributed by atoms with E-state index in [0.29, 0.717) is 47.1 Å². The number of esters is 1. The number of hydrogen-bond donors (Lipinski definition) is 1. The molecule has 0 radical (unpaired) electrons. The van der Waals surface area contributed by atoms with E-state index in [4.69, 9.17) is 16.3 Å². The van der Waals surface area contributed by atoms with Crippen molar-refractivity contribution < 1.29 is 22.7 Å². The first-order chi connectivity index (χ1) is 16.3. The second-order valence-electron chi connectivity index (χ2n) is 8.68. The van der Waals surface area contributed by atoms with E-state index in [1.165, 1.54) is 15.6 Å². The van der Waals surface area contributed by atoms with Gasteiger partial charge < -0.3 is 10.1 Å². The van der Waals surface area contributed by atoms with Crippen molar-refractivity contribution in [3.63, 3.8) is 0 Å². The maximum absolute atomic E-state index is 13.1. The zero-order valence-corrected chi connectivity index (χ0v) is 21.5. The number of ether oxygens (including phenoxy) is 1. The van der Waals surface area contributed by atoms with Crippen LogP contribution in [0.3, 0.4) is 0 Å². The quantitative estimate of drug-likeness (QED) is 0.533. The maximum Gasteiger partial charge on any atom is 0.341 e. The number of rotatable bonds is 7. The number of benzene rings is 1. The molecule has 34 heavy (non-hydrogen) atoms. The van der Waals surface area contributed by atoms with Crippen LogP contribution in [-0.2, 0) is 38.1 Å². The van der Waals surface area contributed by atoms with Crippen molar-refractivity contribution in [2.24, 2.45) is 5.92 Å². The fourth-order valence-electron chi connectivity index (χ4n) is 4.57. The van der Waals surface area contributed by atoms with E-state index >= 15 is 0 Å². The number of carbonyl (C=O) groups is 2. The van der Waals surface area contributed by atoms with Gasteiger partial charge in [0.15, 0.2) is 0 Å². The molecule has 10 heteroatoms. The molecule has 2 aromatic rings. The molecule has 184 valence electrons. The van der Waals surface area contributed by atoms with Crippen LogP contribution in [0.5, 0.6) is 0 Å². The molecule has 0 unspecified atom stereocenters. The Kier molecular flexibility index (Phi) is 7.97. The van der Waals surface area contributed by atoms with Gasteiger partial charge in [0, 0.05) is 28.9 Å². The number of piperidine rings is 1. The number of sulfonamides is 1. The Labute approximate surface area is 209 Å². The molecule has 1 saturated heterocycles. The Morgan fingerprint density at radius 3 is 2.50 bits per heavy atom. The van der Waals surface area contributed by atoms with Crippen molar-refractivity contribution in [1.82, 2.24) is 4.31 Å². The average Bonchev–Trinajstić information content (AvgIpc) is 3.18. The summed E-state index contributed by atoms with van der Waals surface area (Å²) in [5, 5.41) is 4.10. The number of aryl methyl sites for hydroxylation is 1. The Balaban J connectivity index is 1.40. The summed E-state index contributed by atoms with van der Waals surface area (Å²) in [6.45, 7) is 2.63. The van der Waals surface area contributed by atoms with Crippen LogP contribution in [0.25, 0.3) is 0 Å². The standard InChI is InChI=1S/C24H29ClN2O5S2/c1-2-32-24(29)21-19-5-3-4-6-20(19)33-23(21)26-22(28)17-11-13-27(14-12-17)34(30,31)15-16-7-9-18(25)10-8-16/h7-10,17H,2-6,11-15H2,1H3,(H,26,28). The fourth-order valence-corrected chi connectivity index (χ4v) is 7.54. The Morgan fingerprint density at radius 1 is 1.15 bits per heavy atom. The van der Waals surface area contributed by atoms with E-state index in [0.717, 1.165) is 36.1 Å². The Morgan fingerprint density at radius 2 is 1.82 bits per heavy atom. The summed E-state index contributed by atoms with van der Waals surface area (Å²) in [7, 11) is -3.48. The number of halogens is 1. The third-order valence-electron chi connectivity index (χ3n) is 6.37. The normalized spacial score (nSPS) is 17.2. The van der Waals surface area contributed by atoms with Crippen molar-refractivity contribution in [2.75, 3.05) is 25.0 Å². The Hall–Kier alpha value is -1.94. The van der Waals surface area contributed by atoms with Gasteiger partial charge in [-0.3, -0.25) is 4.79 Å². The van der Waals surface area contributed by atoms with Gasteiger partial charge in [0.2, 0.25) is 15.9 Å². The number of nitrogens with one attached hydrogen (secondary N) is 1. The van der Waals surface area contributed by atoms with E-state index in [1.54, 1.807) is 31.2 Å². The lowest BCUT2D eigenvalue weighted by atomic mass is 9.95. The van der Waals surface area contributed by atoms with Crippen LogP contribution in [-0.4, -0.2) is 44.3 Å². The minimum Gasteiger partial charge on any atom is -0.462 e. The second kappa shape index (κ2) is 10.8. The molecule has 1 fully saturated rings. The first-order valence-corrected chi connectivity index (χ1v) is 14.4. The number of amides is 1. The fraction of sp³-hybridized carbons (Fsp3) is 0.500. The van der Waals surface area contributed by atoms with Crippen LogP contribution in [0.1, 0.15) is 59.0 Å². The summed E-state index contributed by atoms with van der Waals surface area (Å²) in [6, 6.07) is 6.77. The van der Waals surface area contributed by atoms with Crippen molar-refractivity contribution >= 4 is 49.8 Å². The molecule has 0 bridgehead atoms. The van der Waals surface area contributed by atoms with Gasteiger partial charge in [-0.1, -0.05) is 23.7 Å². The molecule has 1 aliphatic heterocycles. The van der Waals surface area contributed by atoms with Crippen molar-refractivity contribution in [1.29, 1.82) is 0 Å². The van der Waals surface area contributed by atoms with Gasteiger partial charge in [0.1, 0.15) is 5.00 Å². The summed E-state index contributed by atoms with van der Waals surface area (Å²) in [4.78, 5) is 26.8. The lowest BCUT2D eigenvalue weighted by Crippen LogP contribution is -2.41. The van der Waals surface area contributed by atoms with Gasteiger partial charge in [0.05, 0.1) is 17.9 Å². The highest BCUT2D eigenvalue weighted by molar-refractivity contribution is 7.88. The molecule has 1 N–H and O–H groups in total. The molecule has 0 spiro atoms. The molecule has 1 amide bonds. The van der Waals surface area contributed by atoms with Gasteiger partial charge >= 0.3 is 5.97 Å². The molecular weight excluding hydrogens is 496 g/mol. The first-order valence-electron chi connectivity index (χ1n) is 11.6. The summed E-state index contributed by atoms with van der Waals surface area (Å²) < 4.78 is 32.4. The lowest BCUT2D eigenvalue weighted by Gasteiger charge is -2.30. The predicted octanol–water partition coefficient (Wildman–Crippen LogP) is 4.64. The molecule has 1 aromatic carbocycles. The van der Waals surface area contributed by atoms with Crippen molar-refractivity contribution in [2.45, 2.75) is 51.2 Å². The molecule has 2 heterocycles. The molecule has 4 rings (SSSR count). The molecule has 1 aliphatic carbocycles. The minimum absolute atomic E-state index is 0.0926. The van der Waals surface area contributed by atoms with E-state index in [2.05, 4.69) is 5.32 Å². The van der Waals surface area contributed by atoms with Gasteiger partial charge in [-0.05, 0) is 68.7 Å². The second-order valence-corrected chi connectivity index (χ2v) is 12.2. The van der Waals surface area contributed by atoms with E-state index in [9.17, 15) is 18.0 Å². The number of carbonyl (C=O) groups excluding carboxylic acids is 2. The molecular formula is C24H29ClN2O5S2. The first kappa shape index (κ1) is 25.2. The summed E-state index contributed by atoms with van der Waals surface area (Å²) in [6.07, 6.45) is 4.70. The van der Waals surface area contributed by atoms with Gasteiger partial charge in [-0.25, -0.2) is 17.5 Å². The number of fused-ring (bicyclic) bond motifs is 1. The lowest BCUT2D eigenvalue weighted by molar-refractivity contribution is -0.120. The van der Waals surface area contributed by atoms with Gasteiger partial charge in [0.25, 0.3) is 0 Å². The van der Waals surface area contributed by atoms with E-state index in [-0.39, 0.29) is 30.2 Å². The molecule has 2 aliphatic rings. The van der Waals surface area contributed by atoms with E-state index < -0.39 is 10.0 Å². The zero-order valence-electron chi connectivity index (χ0n) is 19.1. The minimum atomic E-state index is -3.48. The molecule has 0 saturated carbocycles.